The van der Waals surface area contributed by atoms with E-state index in [1.165, 1.54) is 12.1 Å². The summed E-state index contributed by atoms with van der Waals surface area (Å²) in [4.78, 5) is 8.89. The average Bonchev–Trinajstić information content (AvgIpc) is 3.42. The molecule has 8 heteroatoms. The zero-order chi connectivity index (χ0) is 18.2. The molecule has 0 fully saturated rings. The predicted molar refractivity (Wildman–Crippen MR) is 97.3 cm³/mol. The van der Waals surface area contributed by atoms with E-state index in [2.05, 4.69) is 25.3 Å². The van der Waals surface area contributed by atoms with Crippen LogP contribution in [0.25, 0.3) is 28.3 Å². The van der Waals surface area contributed by atoms with Gasteiger partial charge in [0.2, 0.25) is 0 Å². The van der Waals surface area contributed by atoms with Crippen molar-refractivity contribution in [2.75, 3.05) is 0 Å². The molecule has 0 bridgehead atoms. The molecule has 27 heavy (non-hydrogen) atoms. The molecule has 0 amide bonds. The number of hydrogen-bond acceptors (Lipinski definition) is 4. The van der Waals surface area contributed by atoms with Gasteiger partial charge in [-0.05, 0) is 30.3 Å². The highest BCUT2D eigenvalue weighted by atomic mass is 19.1. The van der Waals surface area contributed by atoms with E-state index in [0.29, 0.717) is 6.54 Å². The summed E-state index contributed by atoms with van der Waals surface area (Å²) in [5, 5.41) is 11.5. The summed E-state index contributed by atoms with van der Waals surface area (Å²) in [5.41, 5.74) is 4.31. The third-order valence-corrected chi connectivity index (χ3v) is 4.43. The molecule has 0 saturated carbocycles. The Kier molecular flexibility index (Phi) is 3.53. The van der Waals surface area contributed by atoms with Crippen LogP contribution in [0, 0.1) is 5.82 Å². The molecule has 0 aliphatic carbocycles. The highest BCUT2D eigenvalue weighted by molar-refractivity contribution is 5.72. The van der Waals surface area contributed by atoms with Crippen molar-refractivity contribution in [1.82, 2.24) is 34.3 Å². The Balaban J connectivity index is 1.53. The van der Waals surface area contributed by atoms with Gasteiger partial charge in [-0.2, -0.15) is 10.2 Å². The van der Waals surface area contributed by atoms with E-state index in [-0.39, 0.29) is 5.82 Å². The first-order valence-corrected chi connectivity index (χ1v) is 8.37. The number of nitrogens with zero attached hydrogens (tertiary/aromatic N) is 6. The van der Waals surface area contributed by atoms with Gasteiger partial charge in [-0.1, -0.05) is 0 Å². The number of hydrogen-bond donors (Lipinski definition) is 1. The summed E-state index contributed by atoms with van der Waals surface area (Å²) in [6, 6.07) is 8.17. The highest BCUT2D eigenvalue weighted by Gasteiger charge is 2.15. The van der Waals surface area contributed by atoms with Crippen LogP contribution in [-0.4, -0.2) is 34.3 Å². The second kappa shape index (κ2) is 6.17. The normalized spacial score (nSPS) is 11.3. The van der Waals surface area contributed by atoms with Crippen molar-refractivity contribution < 1.29 is 4.39 Å². The molecule has 5 aromatic rings. The molecule has 4 heterocycles. The lowest BCUT2D eigenvalue weighted by molar-refractivity contribution is 0.628. The molecule has 132 valence electrons. The zero-order valence-electron chi connectivity index (χ0n) is 14.1. The number of halogens is 1. The third kappa shape index (κ3) is 2.67. The van der Waals surface area contributed by atoms with Crippen LogP contribution < -0.4 is 0 Å². The number of benzene rings is 1. The van der Waals surface area contributed by atoms with Gasteiger partial charge in [-0.25, -0.2) is 18.9 Å². The molecular formula is C19H14FN7. The van der Waals surface area contributed by atoms with Crippen LogP contribution in [-0.2, 0) is 6.54 Å². The van der Waals surface area contributed by atoms with E-state index in [4.69, 9.17) is 0 Å². The molecular weight excluding hydrogens is 345 g/mol. The van der Waals surface area contributed by atoms with E-state index >= 15 is 0 Å². The van der Waals surface area contributed by atoms with Gasteiger partial charge in [0.25, 0.3) is 0 Å². The van der Waals surface area contributed by atoms with E-state index in [1.807, 2.05) is 23.0 Å². The first kappa shape index (κ1) is 15.4. The number of aromatic amines is 1. The molecule has 0 radical (unpaired) electrons. The molecule has 1 aromatic carbocycles. The van der Waals surface area contributed by atoms with Crippen molar-refractivity contribution in [2.24, 2.45) is 0 Å². The van der Waals surface area contributed by atoms with E-state index in [0.717, 1.165) is 33.9 Å². The zero-order valence-corrected chi connectivity index (χ0v) is 14.1. The first-order chi connectivity index (χ1) is 13.3. The number of rotatable bonds is 4. The fourth-order valence-corrected chi connectivity index (χ4v) is 3.15. The lowest BCUT2D eigenvalue weighted by Crippen LogP contribution is -2.02. The molecule has 0 aliphatic rings. The van der Waals surface area contributed by atoms with Crippen molar-refractivity contribution in [3.8, 4) is 22.6 Å². The van der Waals surface area contributed by atoms with Gasteiger partial charge < -0.3 is 4.57 Å². The smallest absolute Gasteiger partial charge is 0.165 e. The van der Waals surface area contributed by atoms with Crippen LogP contribution in [0.3, 0.4) is 0 Å². The molecule has 1 N–H and O–H groups in total. The number of nitrogens with one attached hydrogen (secondary N) is 1. The fourth-order valence-electron chi connectivity index (χ4n) is 3.15. The topological polar surface area (TPSA) is 76.7 Å². The van der Waals surface area contributed by atoms with E-state index < -0.39 is 0 Å². The minimum Gasteiger partial charge on any atom is -0.326 e. The van der Waals surface area contributed by atoms with Crippen molar-refractivity contribution in [3.05, 3.63) is 78.9 Å². The summed E-state index contributed by atoms with van der Waals surface area (Å²) in [6.07, 6.45) is 10.8. The minimum absolute atomic E-state index is 0.266. The van der Waals surface area contributed by atoms with Crippen molar-refractivity contribution in [2.45, 2.75) is 6.54 Å². The number of H-pyrrole nitrogens is 1. The quantitative estimate of drug-likeness (QED) is 0.535. The maximum absolute atomic E-state index is 13.2. The van der Waals surface area contributed by atoms with Crippen LogP contribution in [0.5, 0.6) is 0 Å². The molecule has 7 nitrogen and oxygen atoms in total. The number of fused-ring (bicyclic) bond motifs is 1. The fraction of sp³-hybridized carbons (Fsp3) is 0.0526. The third-order valence-electron chi connectivity index (χ3n) is 4.43. The highest BCUT2D eigenvalue weighted by Crippen LogP contribution is 2.25. The van der Waals surface area contributed by atoms with Crippen LogP contribution in [0.4, 0.5) is 4.39 Å². The Hall–Kier alpha value is -3.81. The molecule has 5 rings (SSSR count). The SMILES string of the molecule is Fc1ccc(-c2[nH]ncc2Cn2ccnc2-c2cnn3cccnc23)cc1. The lowest BCUT2D eigenvalue weighted by Gasteiger charge is -2.08. The van der Waals surface area contributed by atoms with Gasteiger partial charge >= 0.3 is 0 Å². The van der Waals surface area contributed by atoms with Gasteiger partial charge in [0.05, 0.1) is 30.2 Å². The van der Waals surface area contributed by atoms with Crippen molar-refractivity contribution >= 4 is 5.65 Å². The number of aromatic nitrogens is 7. The van der Waals surface area contributed by atoms with Crippen molar-refractivity contribution in [3.63, 3.8) is 0 Å². The molecule has 0 atom stereocenters. The molecule has 0 unspecified atom stereocenters. The Morgan fingerprint density at radius 3 is 2.78 bits per heavy atom. The second-order valence-electron chi connectivity index (χ2n) is 6.10. The summed E-state index contributed by atoms with van der Waals surface area (Å²) in [6.45, 7) is 0.558. The summed E-state index contributed by atoms with van der Waals surface area (Å²) < 4.78 is 17.0. The van der Waals surface area contributed by atoms with Crippen LogP contribution in [0.2, 0.25) is 0 Å². The summed E-state index contributed by atoms with van der Waals surface area (Å²) in [5.74, 6) is 0.507. The lowest BCUT2D eigenvalue weighted by atomic mass is 10.1. The van der Waals surface area contributed by atoms with Crippen LogP contribution in [0.1, 0.15) is 5.56 Å². The molecule has 0 aliphatic heterocycles. The van der Waals surface area contributed by atoms with Gasteiger partial charge in [0, 0.05) is 35.9 Å². The first-order valence-electron chi connectivity index (χ1n) is 8.37. The Morgan fingerprint density at radius 1 is 1.00 bits per heavy atom. The van der Waals surface area contributed by atoms with Gasteiger partial charge in [-0.3, -0.25) is 5.10 Å². The molecule has 4 aromatic heterocycles. The molecule has 0 saturated heterocycles. The van der Waals surface area contributed by atoms with Gasteiger partial charge in [-0.15, -0.1) is 0 Å². The predicted octanol–water partition coefficient (Wildman–Crippen LogP) is 3.17. The second-order valence-corrected chi connectivity index (χ2v) is 6.10. The van der Waals surface area contributed by atoms with Gasteiger partial charge in [0.15, 0.2) is 5.65 Å². The summed E-state index contributed by atoms with van der Waals surface area (Å²) in [7, 11) is 0. The Bertz CT molecular complexity index is 1220. The van der Waals surface area contributed by atoms with E-state index in [9.17, 15) is 4.39 Å². The van der Waals surface area contributed by atoms with Crippen molar-refractivity contribution in [1.29, 1.82) is 0 Å². The Morgan fingerprint density at radius 2 is 1.89 bits per heavy atom. The van der Waals surface area contributed by atoms with Gasteiger partial charge in [0.1, 0.15) is 11.6 Å². The Labute approximate surface area is 153 Å². The van der Waals surface area contributed by atoms with Crippen LogP contribution in [0.15, 0.2) is 67.5 Å². The largest absolute Gasteiger partial charge is 0.326 e. The monoisotopic (exact) mass is 359 g/mol. The summed E-state index contributed by atoms with van der Waals surface area (Å²) >= 11 is 0. The maximum Gasteiger partial charge on any atom is 0.165 e. The average molecular weight is 359 g/mol. The standard InChI is InChI=1S/C19H14FN7/c20-15-4-2-13(3-5-15)17-14(10-23-25-17)12-26-9-7-22-18(26)16-11-24-27-8-1-6-21-19(16)27/h1-11H,12H2,(H,23,25). The number of imidazole rings is 1. The minimum atomic E-state index is -0.266. The maximum atomic E-state index is 13.2. The van der Waals surface area contributed by atoms with E-state index in [1.54, 1.807) is 41.4 Å². The van der Waals surface area contributed by atoms with Crippen LogP contribution >= 0.6 is 0 Å². The molecule has 0 spiro atoms.